The number of nitrogens with zero attached hydrogens (tertiary/aromatic N) is 5. The highest BCUT2D eigenvalue weighted by Crippen LogP contribution is 2.43. The van der Waals surface area contributed by atoms with Crippen molar-refractivity contribution in [2.75, 3.05) is 39.3 Å². The highest BCUT2D eigenvalue weighted by atomic mass is 16.5. The van der Waals surface area contributed by atoms with Gasteiger partial charge < -0.3 is 9.64 Å². The molecule has 6 heteroatoms. The average Bonchev–Trinajstić information content (AvgIpc) is 3.38. The van der Waals surface area contributed by atoms with Gasteiger partial charge in [0.15, 0.2) is 0 Å². The van der Waals surface area contributed by atoms with Crippen LogP contribution in [0.5, 0.6) is 5.75 Å². The van der Waals surface area contributed by atoms with E-state index >= 15 is 0 Å². The van der Waals surface area contributed by atoms with Crippen molar-refractivity contribution >= 4 is 0 Å². The lowest BCUT2D eigenvalue weighted by atomic mass is 9.67. The van der Waals surface area contributed by atoms with Gasteiger partial charge in [0.05, 0.1) is 23.1 Å². The second-order valence-corrected chi connectivity index (χ2v) is 10.1. The Morgan fingerprint density at radius 3 is 2.72 bits per heavy atom. The summed E-state index contributed by atoms with van der Waals surface area (Å²) in [5.41, 5.74) is 1.46. The maximum atomic E-state index is 10.2. The van der Waals surface area contributed by atoms with Gasteiger partial charge in [0.25, 0.3) is 0 Å². The molecule has 3 rings (SSSR count). The van der Waals surface area contributed by atoms with E-state index in [4.69, 9.17) is 10.00 Å². The first-order valence-corrected chi connectivity index (χ1v) is 13.3. The van der Waals surface area contributed by atoms with E-state index in [9.17, 15) is 10.5 Å². The Kier molecular flexibility index (Phi) is 10.6. The topological polar surface area (TPSA) is 87.1 Å². The zero-order chi connectivity index (χ0) is 25.8. The van der Waals surface area contributed by atoms with Gasteiger partial charge in [-0.05, 0) is 68.8 Å². The molecule has 6 nitrogen and oxygen atoms in total. The maximum Gasteiger partial charge on any atom is 0.137 e. The van der Waals surface area contributed by atoms with E-state index < -0.39 is 0 Å². The van der Waals surface area contributed by atoms with Gasteiger partial charge in [0.1, 0.15) is 18.4 Å². The summed E-state index contributed by atoms with van der Waals surface area (Å²) in [7, 11) is 0. The van der Waals surface area contributed by atoms with Crippen molar-refractivity contribution in [1.82, 2.24) is 9.80 Å². The normalized spacial score (nSPS) is 19.4. The van der Waals surface area contributed by atoms with Crippen molar-refractivity contribution in [1.29, 1.82) is 15.8 Å². The molecule has 190 valence electrons. The van der Waals surface area contributed by atoms with Gasteiger partial charge in [-0.15, -0.1) is 0 Å². The van der Waals surface area contributed by atoms with Crippen molar-refractivity contribution in [3.63, 3.8) is 0 Å². The SMILES string of the molecule is CC(C)C(C#N)(CCCN1CCC(N(CCC#N)CCOc2ccccc2C#N)C1)C1=CC=CCC1. The van der Waals surface area contributed by atoms with Crippen LogP contribution in [-0.2, 0) is 0 Å². The molecule has 1 aliphatic heterocycles. The van der Waals surface area contributed by atoms with E-state index in [1.165, 1.54) is 5.57 Å². The lowest BCUT2D eigenvalue weighted by Gasteiger charge is -2.35. The number of nitriles is 3. The van der Waals surface area contributed by atoms with E-state index in [0.717, 1.165) is 64.8 Å². The summed E-state index contributed by atoms with van der Waals surface area (Å²) >= 11 is 0. The Morgan fingerprint density at radius 2 is 2.03 bits per heavy atom. The summed E-state index contributed by atoms with van der Waals surface area (Å²) < 4.78 is 5.92. The lowest BCUT2D eigenvalue weighted by molar-refractivity contribution is 0.159. The molecule has 2 aliphatic rings. The molecule has 0 amide bonds. The number of benzene rings is 1. The van der Waals surface area contributed by atoms with E-state index in [-0.39, 0.29) is 5.41 Å². The molecule has 2 unspecified atom stereocenters. The summed E-state index contributed by atoms with van der Waals surface area (Å²) in [4.78, 5) is 4.87. The molecule has 1 heterocycles. The molecule has 1 aromatic rings. The lowest BCUT2D eigenvalue weighted by Crippen LogP contribution is -2.41. The fourth-order valence-corrected chi connectivity index (χ4v) is 5.57. The minimum atomic E-state index is -0.375. The fraction of sp³-hybridized carbons (Fsp3) is 0.567. The molecule has 1 aliphatic carbocycles. The quantitative estimate of drug-likeness (QED) is 0.369. The number of hydrogen-bond acceptors (Lipinski definition) is 6. The van der Waals surface area contributed by atoms with Gasteiger partial charge in [0.2, 0.25) is 0 Å². The van der Waals surface area contributed by atoms with E-state index in [2.05, 4.69) is 60.1 Å². The first-order chi connectivity index (χ1) is 17.5. The Morgan fingerprint density at radius 1 is 1.19 bits per heavy atom. The number of ether oxygens (including phenoxy) is 1. The van der Waals surface area contributed by atoms with Crippen molar-refractivity contribution < 1.29 is 4.74 Å². The van der Waals surface area contributed by atoms with Crippen LogP contribution in [0.2, 0.25) is 0 Å². The molecule has 0 saturated carbocycles. The molecule has 0 spiro atoms. The van der Waals surface area contributed by atoms with Gasteiger partial charge in [-0.2, -0.15) is 15.8 Å². The number of rotatable bonds is 13. The number of allylic oxidation sites excluding steroid dienone is 4. The van der Waals surface area contributed by atoms with Crippen LogP contribution >= 0.6 is 0 Å². The Hall–Kier alpha value is -3.11. The Bertz CT molecular complexity index is 1040. The molecule has 0 N–H and O–H groups in total. The van der Waals surface area contributed by atoms with Crippen LogP contribution in [-0.4, -0.2) is 55.2 Å². The Labute approximate surface area is 217 Å². The van der Waals surface area contributed by atoms with Crippen LogP contribution in [0.3, 0.4) is 0 Å². The third-order valence-electron chi connectivity index (χ3n) is 7.74. The molecule has 1 aromatic carbocycles. The third-order valence-corrected chi connectivity index (χ3v) is 7.74. The zero-order valence-electron chi connectivity index (χ0n) is 21.8. The van der Waals surface area contributed by atoms with E-state index in [1.54, 1.807) is 6.07 Å². The molecule has 2 atom stereocenters. The average molecular weight is 486 g/mol. The highest BCUT2D eigenvalue weighted by Gasteiger charge is 2.37. The van der Waals surface area contributed by atoms with Crippen molar-refractivity contribution in [2.24, 2.45) is 11.3 Å². The van der Waals surface area contributed by atoms with Gasteiger partial charge in [0, 0.05) is 32.1 Å². The van der Waals surface area contributed by atoms with Gasteiger partial charge in [-0.3, -0.25) is 4.90 Å². The van der Waals surface area contributed by atoms with Gasteiger partial charge in [-0.1, -0.05) is 44.2 Å². The molecule has 0 aromatic heterocycles. The van der Waals surface area contributed by atoms with E-state index in [0.29, 0.717) is 36.3 Å². The zero-order valence-corrected chi connectivity index (χ0v) is 21.8. The highest BCUT2D eigenvalue weighted by molar-refractivity contribution is 5.42. The van der Waals surface area contributed by atoms with Crippen molar-refractivity contribution in [3.05, 3.63) is 53.6 Å². The summed E-state index contributed by atoms with van der Waals surface area (Å²) in [5, 5.41) is 28.6. The molecule has 0 bridgehead atoms. The molecule has 36 heavy (non-hydrogen) atoms. The standard InChI is InChI=1S/C30H39N5O/c1-25(2)30(24-33,27-11-4-3-5-12-27)15-8-17-34-19-14-28(23-34)35(18-9-16-31)20-21-36-29-13-7-6-10-26(29)22-32/h3-4,6-7,10-11,13,25,28H,5,8-9,12,14-15,17-21,23H2,1-2H3. The monoisotopic (exact) mass is 485 g/mol. The minimum absolute atomic E-state index is 0.291. The van der Waals surface area contributed by atoms with Crippen molar-refractivity contribution in [3.8, 4) is 24.0 Å². The predicted octanol–water partition coefficient (Wildman–Crippen LogP) is 5.45. The fourth-order valence-electron chi connectivity index (χ4n) is 5.57. The van der Waals surface area contributed by atoms with Crippen LogP contribution in [0, 0.1) is 45.3 Å². The second-order valence-electron chi connectivity index (χ2n) is 10.1. The molecular formula is C30H39N5O. The van der Waals surface area contributed by atoms with Gasteiger partial charge in [-0.25, -0.2) is 0 Å². The third kappa shape index (κ3) is 6.98. The summed E-state index contributed by atoms with van der Waals surface area (Å²) in [5.74, 6) is 0.905. The van der Waals surface area contributed by atoms with Crippen LogP contribution in [0.25, 0.3) is 0 Å². The first-order valence-electron chi connectivity index (χ1n) is 13.3. The molecular weight excluding hydrogens is 446 g/mol. The minimum Gasteiger partial charge on any atom is -0.491 e. The molecule has 1 fully saturated rings. The van der Waals surface area contributed by atoms with Crippen LogP contribution < -0.4 is 4.74 Å². The van der Waals surface area contributed by atoms with Crippen LogP contribution in [0.4, 0.5) is 0 Å². The van der Waals surface area contributed by atoms with Crippen molar-refractivity contribution in [2.45, 2.75) is 58.4 Å². The number of hydrogen-bond donors (Lipinski definition) is 0. The first kappa shape index (κ1) is 27.5. The number of likely N-dealkylation sites (tertiary alicyclic amines) is 1. The van der Waals surface area contributed by atoms with Crippen LogP contribution in [0.1, 0.15) is 57.9 Å². The Balaban J connectivity index is 1.52. The predicted molar refractivity (Wildman–Crippen MR) is 142 cm³/mol. The summed E-state index contributed by atoms with van der Waals surface area (Å²) in [6, 6.07) is 14.9. The maximum absolute atomic E-state index is 10.2. The molecule has 1 saturated heterocycles. The smallest absolute Gasteiger partial charge is 0.137 e. The summed E-state index contributed by atoms with van der Waals surface area (Å²) in [6.07, 6.45) is 11.9. The largest absolute Gasteiger partial charge is 0.491 e. The van der Waals surface area contributed by atoms with Gasteiger partial charge >= 0.3 is 0 Å². The second kappa shape index (κ2) is 13.8. The molecule has 0 radical (unpaired) electrons. The number of para-hydroxylation sites is 1. The van der Waals surface area contributed by atoms with Crippen LogP contribution in [0.15, 0.2) is 48.1 Å². The summed E-state index contributed by atoms with van der Waals surface area (Å²) in [6.45, 7) is 9.32. The van der Waals surface area contributed by atoms with E-state index in [1.807, 2.05) is 18.2 Å².